The Morgan fingerprint density at radius 3 is 1.57 bits per heavy atom. The normalized spacial score (nSPS) is 23.1. The van der Waals surface area contributed by atoms with Crippen LogP contribution in [-0.4, -0.2) is 68.7 Å². The molecule has 3 aromatic carbocycles. The monoisotopic (exact) mass is 688 g/mol. The first kappa shape index (κ1) is 34.7. The maximum atomic E-state index is 13.8. The molecule has 2 aliphatic heterocycles. The Hall–Kier alpha value is -3.66. The predicted molar refractivity (Wildman–Crippen MR) is 177 cm³/mol. The van der Waals surface area contributed by atoms with Gasteiger partial charge in [-0.1, -0.05) is 39.8 Å². The van der Waals surface area contributed by atoms with E-state index in [-0.39, 0.29) is 66.4 Å². The van der Waals surface area contributed by atoms with Gasteiger partial charge in [-0.2, -0.15) is 8.61 Å². The topological polar surface area (TPSA) is 180 Å². The van der Waals surface area contributed by atoms with Crippen molar-refractivity contribution in [1.29, 1.82) is 0 Å². The zero-order valence-corrected chi connectivity index (χ0v) is 28.4. The van der Waals surface area contributed by atoms with E-state index in [1.807, 2.05) is 27.7 Å². The van der Waals surface area contributed by atoms with E-state index in [0.717, 1.165) is 12.8 Å². The van der Waals surface area contributed by atoms with Gasteiger partial charge in [-0.15, -0.1) is 4.91 Å². The van der Waals surface area contributed by atoms with Crippen LogP contribution in [-0.2, 0) is 34.5 Å². The molecule has 0 aliphatic carbocycles. The van der Waals surface area contributed by atoms with Gasteiger partial charge < -0.3 is 9.94 Å². The van der Waals surface area contributed by atoms with Crippen molar-refractivity contribution >= 4 is 64.9 Å². The van der Waals surface area contributed by atoms with Crippen LogP contribution in [0.5, 0.6) is 0 Å². The Labute approximate surface area is 274 Å². The lowest BCUT2D eigenvalue weighted by molar-refractivity contribution is -0.145. The van der Waals surface area contributed by atoms with Gasteiger partial charge in [0.1, 0.15) is 5.69 Å². The van der Waals surface area contributed by atoms with E-state index in [1.165, 1.54) is 45.0 Å². The number of rotatable bonds is 10. The first-order valence-corrected chi connectivity index (χ1v) is 18.5. The molecule has 0 bridgehead atoms. The molecule has 0 radical (unpaired) electrons. The third-order valence-electron chi connectivity index (χ3n) is 8.88. The number of nitrogens with one attached hydrogen (secondary N) is 1. The molecule has 3 aromatic rings. The van der Waals surface area contributed by atoms with Gasteiger partial charge in [0.2, 0.25) is 20.0 Å². The number of carbonyl (C=O) groups excluding carboxylic acids is 1. The second-order valence-corrected chi connectivity index (χ2v) is 17.1. The van der Waals surface area contributed by atoms with Crippen LogP contribution >= 0.6 is 0 Å². The number of anilines is 1. The van der Waals surface area contributed by atoms with E-state index in [9.17, 15) is 31.3 Å². The molecule has 0 aromatic heterocycles. The van der Waals surface area contributed by atoms with Gasteiger partial charge in [-0.25, -0.2) is 27.1 Å². The Morgan fingerprint density at radius 2 is 1.19 bits per heavy atom. The average molecular weight is 689 g/mol. The van der Waals surface area contributed by atoms with Crippen molar-refractivity contribution in [2.75, 3.05) is 31.7 Å². The van der Waals surface area contributed by atoms with E-state index < -0.39 is 44.8 Å². The molecule has 2 fully saturated rings. The Morgan fingerprint density at radius 1 is 0.766 bits per heavy atom. The molecule has 13 nitrogen and oxygen atoms in total. The van der Waals surface area contributed by atoms with Crippen molar-refractivity contribution in [2.45, 2.75) is 63.2 Å². The van der Waals surface area contributed by atoms with Crippen LogP contribution in [0, 0.1) is 28.6 Å². The summed E-state index contributed by atoms with van der Waals surface area (Å²) in [4.78, 5) is 40.9. The van der Waals surface area contributed by atoms with E-state index in [0.29, 0.717) is 26.2 Å². The molecular weight excluding hydrogens is 649 g/mol. The molecule has 4 atom stereocenters. The number of carbonyl (C=O) groups is 2. The van der Waals surface area contributed by atoms with Gasteiger partial charge in [-0.3, -0.25) is 4.79 Å². The van der Waals surface area contributed by atoms with Crippen LogP contribution in [0.1, 0.15) is 53.4 Å². The molecule has 0 amide bonds. The zero-order chi connectivity index (χ0) is 34.3. The largest absolute Gasteiger partial charge is 0.481 e. The summed E-state index contributed by atoms with van der Waals surface area (Å²) in [5.41, 5.74) is 2.54. The summed E-state index contributed by atoms with van der Waals surface area (Å²) in [6.07, 6.45) is 0.918. The summed E-state index contributed by atoms with van der Waals surface area (Å²) >= 11 is 0. The molecule has 0 saturated carbocycles. The number of hydrogen-bond acceptors (Lipinski definition) is 10. The molecule has 47 heavy (non-hydrogen) atoms. The molecule has 2 heterocycles. The van der Waals surface area contributed by atoms with Crippen LogP contribution < -0.4 is 5.48 Å². The zero-order valence-electron chi connectivity index (χ0n) is 26.8. The fourth-order valence-electron chi connectivity index (χ4n) is 6.96. The maximum Gasteiger partial charge on any atom is 0.332 e. The smallest absolute Gasteiger partial charge is 0.332 e. The standard InChI is InChI=1S/C32H40N4O9S2/c1-19-11-20(2)16-35(15-19)46(41,42)23-5-7-25-27(13-23)31(33-40)28-14-24(47(43,44)36-17-21(3)12-22(4)18-36)6-8-26(28)32(25)34-45-30(39)10-9-29(37)38/h5-8,13-14,19-22,34H,9-12,15-18H2,1-4H3,(H,37,38)/t19-,20+,21-,22+. The molecule has 2 saturated heterocycles. The summed E-state index contributed by atoms with van der Waals surface area (Å²) in [5, 5.41) is 13.0. The van der Waals surface area contributed by atoms with Gasteiger partial charge in [0.25, 0.3) is 0 Å². The number of aliphatic carboxylic acids is 1. The van der Waals surface area contributed by atoms with Gasteiger partial charge in [0, 0.05) is 47.7 Å². The minimum atomic E-state index is -3.98. The van der Waals surface area contributed by atoms with Gasteiger partial charge in [0.15, 0.2) is 0 Å². The maximum absolute atomic E-state index is 13.8. The van der Waals surface area contributed by atoms with Crippen molar-refractivity contribution in [2.24, 2.45) is 28.8 Å². The summed E-state index contributed by atoms with van der Waals surface area (Å²) in [7, 11) is -7.96. The lowest BCUT2D eigenvalue weighted by Crippen LogP contribution is -2.42. The van der Waals surface area contributed by atoms with Gasteiger partial charge >= 0.3 is 11.9 Å². The highest BCUT2D eigenvalue weighted by Gasteiger charge is 2.34. The molecule has 2 aliphatic rings. The summed E-state index contributed by atoms with van der Waals surface area (Å²) in [6, 6.07) is 8.41. The second-order valence-electron chi connectivity index (χ2n) is 13.2. The van der Waals surface area contributed by atoms with Crippen molar-refractivity contribution in [3.05, 3.63) is 41.3 Å². The Kier molecular flexibility index (Phi) is 9.92. The molecule has 0 spiro atoms. The quantitative estimate of drug-likeness (QED) is 0.158. The van der Waals surface area contributed by atoms with E-state index in [2.05, 4.69) is 10.7 Å². The first-order chi connectivity index (χ1) is 22.1. The first-order valence-electron chi connectivity index (χ1n) is 15.7. The van der Waals surface area contributed by atoms with Crippen LogP contribution in [0.15, 0.2) is 51.4 Å². The minimum absolute atomic E-state index is 0.0694. The van der Waals surface area contributed by atoms with Crippen LogP contribution in [0.2, 0.25) is 0 Å². The molecule has 0 unspecified atom stereocenters. The Bertz CT molecular complexity index is 1810. The predicted octanol–water partition coefficient (Wildman–Crippen LogP) is 5.46. The van der Waals surface area contributed by atoms with E-state index >= 15 is 0 Å². The number of piperidine rings is 2. The number of nitroso groups, excluding NO2 is 1. The third kappa shape index (κ3) is 7.12. The van der Waals surface area contributed by atoms with Crippen molar-refractivity contribution in [1.82, 2.24) is 8.61 Å². The van der Waals surface area contributed by atoms with E-state index in [4.69, 9.17) is 9.94 Å². The second kappa shape index (κ2) is 13.5. The minimum Gasteiger partial charge on any atom is -0.481 e. The fourth-order valence-corrected chi connectivity index (χ4v) is 10.4. The lowest BCUT2D eigenvalue weighted by atomic mass is 9.94. The summed E-state index contributed by atoms with van der Waals surface area (Å²) < 4.78 is 58.2. The van der Waals surface area contributed by atoms with Gasteiger partial charge in [0.05, 0.1) is 28.3 Å². The molecule has 15 heteroatoms. The van der Waals surface area contributed by atoms with Crippen LogP contribution in [0.25, 0.3) is 21.5 Å². The highest BCUT2D eigenvalue weighted by Crippen LogP contribution is 2.44. The van der Waals surface area contributed by atoms with Crippen LogP contribution in [0.3, 0.4) is 0 Å². The number of hydrogen-bond donors (Lipinski definition) is 2. The number of benzene rings is 3. The van der Waals surface area contributed by atoms with Gasteiger partial charge in [-0.05, 0) is 66.0 Å². The van der Waals surface area contributed by atoms with Crippen molar-refractivity contribution < 1.29 is 36.4 Å². The number of nitrogens with zero attached hydrogens (tertiary/aromatic N) is 3. The highest BCUT2D eigenvalue weighted by molar-refractivity contribution is 7.89. The lowest BCUT2D eigenvalue weighted by Gasteiger charge is -2.34. The SMILES string of the molecule is C[C@@H]1C[C@H](C)CN(S(=O)(=O)c2ccc3c(NOC(=O)CCC(=O)O)c4ccc(S(=O)(=O)N5C[C@H](C)C[C@H](C)C5)cc4c(N=O)c3c2)C1. The summed E-state index contributed by atoms with van der Waals surface area (Å²) in [5.74, 6) is -1.43. The highest BCUT2D eigenvalue weighted by atomic mass is 32.2. The van der Waals surface area contributed by atoms with Crippen molar-refractivity contribution in [3.63, 3.8) is 0 Å². The number of carboxylic acids is 1. The van der Waals surface area contributed by atoms with E-state index in [1.54, 1.807) is 0 Å². The summed E-state index contributed by atoms with van der Waals surface area (Å²) in [6.45, 7) is 9.34. The Balaban J connectivity index is 1.67. The average Bonchev–Trinajstić information content (AvgIpc) is 3.00. The van der Waals surface area contributed by atoms with Crippen LogP contribution in [0.4, 0.5) is 11.4 Å². The third-order valence-corrected chi connectivity index (χ3v) is 12.5. The molecular formula is C32H40N4O9S2. The molecule has 254 valence electrons. The number of carboxylic acid groups (broad SMARTS) is 1. The number of sulfonamides is 2. The molecule has 5 rings (SSSR count). The molecule has 2 N–H and O–H groups in total. The number of fused-ring (bicyclic) bond motifs is 2. The van der Waals surface area contributed by atoms with Crippen molar-refractivity contribution in [3.8, 4) is 0 Å². The fraction of sp³-hybridized carbons (Fsp3) is 0.500.